The number of fused-ring (bicyclic) bond motifs is 4. The maximum Gasteiger partial charge on any atom is 0.411 e. The van der Waals surface area contributed by atoms with Crippen molar-refractivity contribution in [1.82, 2.24) is 5.32 Å². The molecule has 2 aromatic rings. The number of thiophene rings is 1. The Balaban J connectivity index is 2.00. The van der Waals surface area contributed by atoms with Crippen LogP contribution in [0.25, 0.3) is 11.1 Å². The number of hydrogen-bond donors (Lipinski definition) is 3. The largest absolute Gasteiger partial charge is 0.450 e. The number of benzene rings is 1. The van der Waals surface area contributed by atoms with Gasteiger partial charge in [-0.15, -0.1) is 11.3 Å². The smallest absolute Gasteiger partial charge is 0.411 e. The van der Waals surface area contributed by atoms with Crippen molar-refractivity contribution >= 4 is 56.7 Å². The predicted octanol–water partition coefficient (Wildman–Crippen LogP) is 7.07. The third-order valence-corrected chi connectivity index (χ3v) is 7.36. The van der Waals surface area contributed by atoms with Crippen LogP contribution in [-0.4, -0.2) is 30.3 Å². The molecule has 0 aliphatic carbocycles. The van der Waals surface area contributed by atoms with Gasteiger partial charge >= 0.3 is 12.2 Å². The summed E-state index contributed by atoms with van der Waals surface area (Å²) >= 11 is 5.20. The highest BCUT2D eigenvalue weighted by molar-refractivity contribution is 9.11. The first-order valence-electron chi connectivity index (χ1n) is 11.6. The molecule has 0 radical (unpaired) electrons. The number of carbonyl (C=O) groups is 3. The van der Waals surface area contributed by atoms with E-state index >= 15 is 0 Å². The van der Waals surface area contributed by atoms with Crippen molar-refractivity contribution in [3.63, 3.8) is 0 Å². The highest BCUT2D eigenvalue weighted by Crippen LogP contribution is 2.43. The number of hydrogen-bond acceptors (Lipinski definition) is 6. The van der Waals surface area contributed by atoms with E-state index in [1.54, 1.807) is 19.1 Å². The Morgan fingerprint density at radius 2 is 1.91 bits per heavy atom. The number of halogens is 1. The first-order valence-corrected chi connectivity index (χ1v) is 13.3. The lowest BCUT2D eigenvalue weighted by Gasteiger charge is -2.24. The van der Waals surface area contributed by atoms with Crippen LogP contribution in [-0.2, 0) is 14.3 Å². The number of amides is 3. The highest BCUT2D eigenvalue weighted by atomic mass is 79.9. The average Bonchev–Trinajstić information content (AvgIpc) is 3.12. The monoisotopic (exact) mass is 565 g/mol. The summed E-state index contributed by atoms with van der Waals surface area (Å²) < 4.78 is 11.3. The molecule has 2 atom stereocenters. The molecule has 0 fully saturated rings. The van der Waals surface area contributed by atoms with Crippen molar-refractivity contribution in [3.05, 3.63) is 32.9 Å². The number of carbonyl (C=O) groups excluding carboxylic acids is 3. The summed E-state index contributed by atoms with van der Waals surface area (Å²) in [6, 6.07) is 7.11. The molecule has 1 aromatic heterocycles. The van der Waals surface area contributed by atoms with E-state index in [9.17, 15) is 14.4 Å². The third-order valence-electron chi connectivity index (χ3n) is 5.41. The van der Waals surface area contributed by atoms with Crippen molar-refractivity contribution in [2.75, 3.05) is 17.2 Å². The van der Waals surface area contributed by atoms with Crippen LogP contribution in [0, 0.1) is 5.92 Å². The molecule has 2 heterocycles. The molecule has 0 saturated heterocycles. The minimum Gasteiger partial charge on any atom is -0.450 e. The topological polar surface area (TPSA) is 106 Å². The second-order valence-electron chi connectivity index (χ2n) is 9.46. The molecular formula is C25H32BrN3O5S. The Hall–Kier alpha value is -2.59. The van der Waals surface area contributed by atoms with Gasteiger partial charge in [-0.2, -0.15) is 0 Å². The van der Waals surface area contributed by atoms with E-state index in [0.29, 0.717) is 24.2 Å². The molecule has 1 aliphatic heterocycles. The molecule has 0 spiro atoms. The van der Waals surface area contributed by atoms with E-state index in [2.05, 4.69) is 31.9 Å². The highest BCUT2D eigenvalue weighted by Gasteiger charge is 2.26. The van der Waals surface area contributed by atoms with Crippen LogP contribution in [0.5, 0.6) is 0 Å². The van der Waals surface area contributed by atoms with E-state index in [1.807, 2.05) is 39.8 Å². The SMILES string of the molecule is CCOC(=O)Nc1ccc2c(c1)NC(=O)[C@H](C)CCC[C@H](NC(=O)OC(C)(C)C)c1cc-2c(Br)s1. The van der Waals surface area contributed by atoms with Crippen LogP contribution < -0.4 is 16.0 Å². The van der Waals surface area contributed by atoms with Crippen molar-refractivity contribution in [2.45, 2.75) is 65.5 Å². The lowest BCUT2D eigenvalue weighted by molar-refractivity contribution is -0.119. The summed E-state index contributed by atoms with van der Waals surface area (Å²) in [6.07, 6.45) is 1.06. The fourth-order valence-corrected chi connectivity index (χ4v) is 5.61. The maximum absolute atomic E-state index is 13.0. The molecule has 35 heavy (non-hydrogen) atoms. The lowest BCUT2D eigenvalue weighted by Crippen LogP contribution is -2.34. The Morgan fingerprint density at radius 3 is 2.60 bits per heavy atom. The molecule has 1 aliphatic rings. The van der Waals surface area contributed by atoms with Gasteiger partial charge in [0.1, 0.15) is 5.60 Å². The molecule has 10 heteroatoms. The second-order valence-corrected chi connectivity index (χ2v) is 11.9. The van der Waals surface area contributed by atoms with E-state index in [4.69, 9.17) is 9.47 Å². The molecular weight excluding hydrogens is 534 g/mol. The van der Waals surface area contributed by atoms with Gasteiger partial charge in [0.05, 0.1) is 22.1 Å². The second kappa shape index (κ2) is 11.4. The summed E-state index contributed by atoms with van der Waals surface area (Å²) in [5.41, 5.74) is 2.17. The van der Waals surface area contributed by atoms with Crippen molar-refractivity contribution < 1.29 is 23.9 Å². The van der Waals surface area contributed by atoms with Crippen molar-refractivity contribution in [1.29, 1.82) is 0 Å². The summed E-state index contributed by atoms with van der Waals surface area (Å²) in [5, 5.41) is 8.73. The van der Waals surface area contributed by atoms with Gasteiger partial charge in [-0.05, 0) is 74.7 Å². The van der Waals surface area contributed by atoms with E-state index in [1.165, 1.54) is 11.3 Å². The zero-order valence-corrected chi connectivity index (χ0v) is 23.0. The molecule has 1 aromatic carbocycles. The van der Waals surface area contributed by atoms with Gasteiger partial charge in [0.15, 0.2) is 0 Å². The zero-order chi connectivity index (χ0) is 25.8. The molecule has 2 bridgehead atoms. The minimum absolute atomic E-state index is 0.108. The average molecular weight is 567 g/mol. The Morgan fingerprint density at radius 1 is 1.17 bits per heavy atom. The quantitative estimate of drug-likeness (QED) is 0.369. The minimum atomic E-state index is -0.600. The molecule has 0 saturated carbocycles. The van der Waals surface area contributed by atoms with Gasteiger partial charge < -0.3 is 20.1 Å². The molecule has 3 rings (SSSR count). The molecule has 190 valence electrons. The van der Waals surface area contributed by atoms with Crippen molar-refractivity contribution in [2.24, 2.45) is 5.92 Å². The molecule has 0 unspecified atom stereocenters. The van der Waals surface area contributed by atoms with Crippen LogP contribution in [0.4, 0.5) is 21.0 Å². The van der Waals surface area contributed by atoms with Crippen LogP contribution in [0.1, 0.15) is 64.8 Å². The lowest BCUT2D eigenvalue weighted by atomic mass is 9.97. The normalized spacial score (nSPS) is 18.3. The Labute approximate surface area is 218 Å². The van der Waals surface area contributed by atoms with Gasteiger partial charge in [-0.3, -0.25) is 10.1 Å². The summed E-state index contributed by atoms with van der Waals surface area (Å²) in [4.78, 5) is 38.4. The molecule has 8 nitrogen and oxygen atoms in total. The predicted molar refractivity (Wildman–Crippen MR) is 142 cm³/mol. The van der Waals surface area contributed by atoms with Crippen LogP contribution in [0.2, 0.25) is 0 Å². The van der Waals surface area contributed by atoms with Gasteiger partial charge in [0.25, 0.3) is 0 Å². The number of anilines is 2. The van der Waals surface area contributed by atoms with E-state index in [0.717, 1.165) is 26.2 Å². The number of nitrogens with one attached hydrogen (secondary N) is 3. The molecule has 3 amide bonds. The number of rotatable bonds is 3. The van der Waals surface area contributed by atoms with Gasteiger partial charge in [-0.1, -0.05) is 19.4 Å². The summed E-state index contributed by atoms with van der Waals surface area (Å²) in [6.45, 7) is 9.36. The van der Waals surface area contributed by atoms with E-state index in [-0.39, 0.29) is 24.5 Å². The van der Waals surface area contributed by atoms with E-state index < -0.39 is 17.8 Å². The van der Waals surface area contributed by atoms with Gasteiger partial charge in [0, 0.05) is 27.6 Å². The molecule has 3 N–H and O–H groups in total. The number of ether oxygens (including phenoxy) is 2. The Bertz CT molecular complexity index is 1100. The third kappa shape index (κ3) is 7.44. The van der Waals surface area contributed by atoms with Crippen LogP contribution in [0.3, 0.4) is 0 Å². The number of alkyl carbamates (subject to hydrolysis) is 1. The summed E-state index contributed by atoms with van der Waals surface area (Å²) in [7, 11) is 0. The first-order chi connectivity index (χ1) is 16.5. The fourth-order valence-electron chi connectivity index (χ4n) is 3.74. The van der Waals surface area contributed by atoms with Crippen molar-refractivity contribution in [3.8, 4) is 11.1 Å². The van der Waals surface area contributed by atoms with Gasteiger partial charge in [-0.25, -0.2) is 9.59 Å². The standard InChI is InChI=1S/C25H32BrN3O5S/c1-6-33-23(31)27-15-10-11-16-17-13-20(35-21(17)26)18(29-24(32)34-25(3,4)5)9-7-8-14(2)22(30)28-19(16)12-15/h10-14,18H,6-9H2,1-5H3,(H,27,31)(H,28,30)(H,29,32)/t14-,18+/m1/s1. The summed E-state index contributed by atoms with van der Waals surface area (Å²) in [5.74, 6) is -0.342. The fraction of sp³-hybridized carbons (Fsp3) is 0.480. The van der Waals surface area contributed by atoms with Crippen LogP contribution >= 0.6 is 27.3 Å². The first kappa shape index (κ1) is 27.0. The van der Waals surface area contributed by atoms with Crippen LogP contribution in [0.15, 0.2) is 28.1 Å². The van der Waals surface area contributed by atoms with Gasteiger partial charge in [0.2, 0.25) is 5.91 Å². The maximum atomic E-state index is 13.0. The Kier molecular flexibility index (Phi) is 8.82. The zero-order valence-electron chi connectivity index (χ0n) is 20.6.